The zero-order valence-corrected chi connectivity index (χ0v) is 25.7. The SMILES string of the molecule is COc1ccc(C23CCC(CN(C(=O)C4CCC(O)CC4)c4cncc(-c5cnn(C(C)C)c5)c4)(CC2)CC3)cc1C. The maximum atomic E-state index is 14.3. The highest BCUT2D eigenvalue weighted by atomic mass is 16.5. The number of carbonyl (C=O) groups is 1. The van der Waals surface area contributed by atoms with Gasteiger partial charge in [-0.2, -0.15) is 5.10 Å². The molecule has 1 N–H and O–H groups in total. The lowest BCUT2D eigenvalue weighted by Crippen LogP contribution is -2.51. The second kappa shape index (κ2) is 11.5. The summed E-state index contributed by atoms with van der Waals surface area (Å²) in [4.78, 5) is 21.0. The van der Waals surface area contributed by atoms with E-state index in [1.807, 2.05) is 23.3 Å². The number of anilines is 1. The van der Waals surface area contributed by atoms with Crippen LogP contribution < -0.4 is 9.64 Å². The fraction of sp³-hybridized carbons (Fsp3) is 0.571. The van der Waals surface area contributed by atoms with Gasteiger partial charge in [-0.3, -0.25) is 14.5 Å². The molecule has 2 aromatic heterocycles. The van der Waals surface area contributed by atoms with E-state index in [4.69, 9.17) is 4.74 Å². The molecule has 0 atom stereocenters. The molecule has 7 rings (SSSR count). The number of benzene rings is 1. The highest BCUT2D eigenvalue weighted by Gasteiger charge is 2.50. The molecule has 4 aliphatic carbocycles. The van der Waals surface area contributed by atoms with Crippen LogP contribution in [0.3, 0.4) is 0 Å². The van der Waals surface area contributed by atoms with E-state index < -0.39 is 0 Å². The molecule has 0 spiro atoms. The van der Waals surface area contributed by atoms with Crippen molar-refractivity contribution in [1.29, 1.82) is 0 Å². The average Bonchev–Trinajstić information content (AvgIpc) is 3.52. The van der Waals surface area contributed by atoms with Gasteiger partial charge in [-0.15, -0.1) is 0 Å². The van der Waals surface area contributed by atoms with E-state index in [0.29, 0.717) is 12.8 Å². The van der Waals surface area contributed by atoms with E-state index in [2.05, 4.69) is 66.2 Å². The molecule has 4 fully saturated rings. The monoisotopic (exact) mass is 570 g/mol. The van der Waals surface area contributed by atoms with Crippen LogP contribution in [-0.2, 0) is 10.2 Å². The summed E-state index contributed by atoms with van der Waals surface area (Å²) in [6.07, 6.45) is 17.1. The van der Waals surface area contributed by atoms with Gasteiger partial charge in [-0.25, -0.2) is 0 Å². The topological polar surface area (TPSA) is 80.5 Å². The summed E-state index contributed by atoms with van der Waals surface area (Å²) in [6.45, 7) is 7.11. The summed E-state index contributed by atoms with van der Waals surface area (Å²) in [5.74, 6) is 1.10. The van der Waals surface area contributed by atoms with Crippen molar-refractivity contribution >= 4 is 11.6 Å². The maximum absolute atomic E-state index is 14.3. The highest BCUT2D eigenvalue weighted by molar-refractivity contribution is 5.95. The van der Waals surface area contributed by atoms with E-state index in [1.54, 1.807) is 7.11 Å². The van der Waals surface area contributed by atoms with E-state index in [-0.39, 0.29) is 34.8 Å². The van der Waals surface area contributed by atoms with Crippen LogP contribution in [0.4, 0.5) is 5.69 Å². The Morgan fingerprint density at radius 2 is 1.74 bits per heavy atom. The van der Waals surface area contributed by atoms with Crippen LogP contribution >= 0.6 is 0 Å². The van der Waals surface area contributed by atoms with Crippen LogP contribution in [-0.4, -0.2) is 45.5 Å². The van der Waals surface area contributed by atoms with Crippen molar-refractivity contribution < 1.29 is 14.6 Å². The van der Waals surface area contributed by atoms with Crippen molar-refractivity contribution in [3.8, 4) is 16.9 Å². The number of ether oxygens (including phenoxy) is 1. The summed E-state index contributed by atoms with van der Waals surface area (Å²) < 4.78 is 7.49. The molecule has 0 unspecified atom stereocenters. The number of rotatable bonds is 8. The molecule has 0 radical (unpaired) electrons. The Morgan fingerprint density at radius 3 is 2.36 bits per heavy atom. The lowest BCUT2D eigenvalue weighted by Gasteiger charge is -2.55. The lowest BCUT2D eigenvalue weighted by molar-refractivity contribution is -0.124. The van der Waals surface area contributed by atoms with Crippen LogP contribution in [0, 0.1) is 18.3 Å². The quantitative estimate of drug-likeness (QED) is 0.315. The lowest BCUT2D eigenvalue weighted by atomic mass is 9.51. The molecule has 1 aromatic carbocycles. The number of aliphatic hydroxyl groups excluding tert-OH is 1. The Labute approximate surface area is 250 Å². The second-order valence-corrected chi connectivity index (χ2v) is 13.6. The van der Waals surface area contributed by atoms with Crippen LogP contribution in [0.1, 0.15) is 95.2 Å². The molecule has 1 amide bonds. The largest absolute Gasteiger partial charge is 0.496 e. The maximum Gasteiger partial charge on any atom is 0.230 e. The first-order valence-electron chi connectivity index (χ1n) is 15.9. The van der Waals surface area contributed by atoms with Gasteiger partial charge in [0.2, 0.25) is 5.91 Å². The number of hydrogen-bond acceptors (Lipinski definition) is 5. The predicted octanol–water partition coefficient (Wildman–Crippen LogP) is 7.02. The van der Waals surface area contributed by atoms with E-state index in [0.717, 1.165) is 80.5 Å². The molecule has 4 aliphatic rings. The molecule has 4 saturated carbocycles. The minimum Gasteiger partial charge on any atom is -0.496 e. The first-order chi connectivity index (χ1) is 20.2. The third kappa shape index (κ3) is 5.48. The van der Waals surface area contributed by atoms with Gasteiger partial charge in [-0.05, 0) is 119 Å². The van der Waals surface area contributed by atoms with E-state index in [1.165, 1.54) is 11.1 Å². The fourth-order valence-electron chi connectivity index (χ4n) is 7.82. The summed E-state index contributed by atoms with van der Waals surface area (Å²) in [5, 5.41) is 14.7. The Hall–Kier alpha value is -3.19. The Bertz CT molecular complexity index is 1400. The Kier molecular flexibility index (Phi) is 7.90. The zero-order valence-electron chi connectivity index (χ0n) is 25.7. The number of aromatic nitrogens is 3. The van der Waals surface area contributed by atoms with Gasteiger partial charge in [0.05, 0.1) is 31.3 Å². The smallest absolute Gasteiger partial charge is 0.230 e. The van der Waals surface area contributed by atoms with Crippen LogP contribution in [0.2, 0.25) is 0 Å². The van der Waals surface area contributed by atoms with E-state index in [9.17, 15) is 9.90 Å². The van der Waals surface area contributed by atoms with Crippen molar-refractivity contribution in [2.45, 2.75) is 103 Å². The number of fused-ring (bicyclic) bond motifs is 3. The number of methoxy groups -OCH3 is 1. The molecule has 7 heteroatoms. The van der Waals surface area contributed by atoms with Gasteiger partial charge in [0, 0.05) is 42.0 Å². The van der Waals surface area contributed by atoms with Gasteiger partial charge in [-0.1, -0.05) is 12.1 Å². The van der Waals surface area contributed by atoms with Gasteiger partial charge < -0.3 is 14.7 Å². The number of amides is 1. The Balaban J connectivity index is 1.27. The van der Waals surface area contributed by atoms with Gasteiger partial charge in [0.15, 0.2) is 0 Å². The standard InChI is InChI=1S/C35H46N4O3/c1-24(2)39-22-28(20-37-39)27-18-30(21-36-19-27)38(33(41)26-5-8-31(40)9-6-26)23-34-11-14-35(15-12-34,16-13-34)29-7-10-32(42-4)25(3)17-29/h7,10,17-22,24,26,31,40H,5-6,8-9,11-16,23H2,1-4H3. The normalized spacial score (nSPS) is 27.3. The van der Waals surface area contributed by atoms with Gasteiger partial charge in [0.1, 0.15) is 5.75 Å². The summed E-state index contributed by atoms with van der Waals surface area (Å²) in [6, 6.07) is 9.14. The minimum atomic E-state index is -0.282. The van der Waals surface area contributed by atoms with Gasteiger partial charge in [0.25, 0.3) is 0 Å². The van der Waals surface area contributed by atoms with Crippen LogP contribution in [0.5, 0.6) is 5.75 Å². The van der Waals surface area contributed by atoms with Crippen molar-refractivity contribution in [1.82, 2.24) is 14.8 Å². The Morgan fingerprint density at radius 1 is 1.02 bits per heavy atom. The van der Waals surface area contributed by atoms with Crippen molar-refractivity contribution in [2.75, 3.05) is 18.6 Å². The number of nitrogens with zero attached hydrogens (tertiary/aromatic N) is 4. The predicted molar refractivity (Wildman–Crippen MR) is 166 cm³/mol. The molecular formula is C35H46N4O3. The number of aliphatic hydroxyl groups is 1. The molecule has 3 aromatic rings. The number of aryl methyl sites for hydroxylation is 1. The number of hydrogen-bond donors (Lipinski definition) is 1. The molecule has 2 bridgehead atoms. The minimum absolute atomic E-state index is 0.0503. The highest BCUT2D eigenvalue weighted by Crippen LogP contribution is 2.58. The average molecular weight is 571 g/mol. The molecular weight excluding hydrogens is 524 g/mol. The zero-order chi connectivity index (χ0) is 29.5. The first-order valence-corrected chi connectivity index (χ1v) is 15.9. The molecule has 7 nitrogen and oxygen atoms in total. The molecule has 2 heterocycles. The number of pyridine rings is 1. The molecule has 0 saturated heterocycles. The van der Waals surface area contributed by atoms with Crippen molar-refractivity contribution in [3.63, 3.8) is 0 Å². The van der Waals surface area contributed by atoms with Crippen LogP contribution in [0.25, 0.3) is 11.1 Å². The molecule has 42 heavy (non-hydrogen) atoms. The number of carbonyl (C=O) groups excluding carboxylic acids is 1. The van der Waals surface area contributed by atoms with Crippen molar-refractivity contribution in [2.24, 2.45) is 11.3 Å². The van der Waals surface area contributed by atoms with Gasteiger partial charge >= 0.3 is 0 Å². The third-order valence-corrected chi connectivity index (χ3v) is 10.7. The first kappa shape index (κ1) is 28.9. The van der Waals surface area contributed by atoms with E-state index >= 15 is 0 Å². The molecule has 224 valence electrons. The summed E-state index contributed by atoms with van der Waals surface area (Å²) in [5.41, 5.74) is 5.86. The fourth-order valence-corrected chi connectivity index (χ4v) is 7.82. The van der Waals surface area contributed by atoms with Crippen LogP contribution in [0.15, 0.2) is 49.1 Å². The second-order valence-electron chi connectivity index (χ2n) is 13.6. The third-order valence-electron chi connectivity index (χ3n) is 10.7. The summed E-state index contributed by atoms with van der Waals surface area (Å²) in [7, 11) is 1.74. The van der Waals surface area contributed by atoms with Crippen molar-refractivity contribution in [3.05, 3.63) is 60.2 Å². The summed E-state index contributed by atoms with van der Waals surface area (Å²) >= 11 is 0. The molecule has 0 aliphatic heterocycles.